The van der Waals surface area contributed by atoms with Gasteiger partial charge in [0.05, 0.1) is 13.7 Å². The second kappa shape index (κ2) is 11.6. The first-order chi connectivity index (χ1) is 16.7. The van der Waals surface area contributed by atoms with Crippen LogP contribution in [0.1, 0.15) is 53.0 Å². The van der Waals surface area contributed by atoms with Gasteiger partial charge in [0.2, 0.25) is 5.91 Å². The van der Waals surface area contributed by atoms with E-state index in [4.69, 9.17) is 22.0 Å². The van der Waals surface area contributed by atoms with E-state index in [1.165, 1.54) is 30.4 Å². The van der Waals surface area contributed by atoms with Crippen molar-refractivity contribution in [2.45, 2.75) is 39.2 Å². The highest BCUT2D eigenvalue weighted by Gasteiger charge is 2.25. The first-order valence-electron chi connectivity index (χ1n) is 11.4. The number of aryl methyl sites for hydroxylation is 1. The molecule has 2 amide bonds. The summed E-state index contributed by atoms with van der Waals surface area (Å²) in [5.74, 6) is 5.40. The molecule has 0 radical (unpaired) electrons. The Bertz CT molecular complexity index is 1100. The molecule has 10 nitrogen and oxygen atoms in total. The summed E-state index contributed by atoms with van der Waals surface area (Å²) in [6, 6.07) is 7.62. The standard InChI is InChI=1S/C24H32FN7O3/c1-14-9-18(22(26)31-32(28)13-15-3-6-17(7-4-15)23(27)33)11-20(30-14)24(34)29-12-16-5-8-19(25)21(10-16)35-2/h5,8-11,15,17H,3-4,6-7,12-13,28H2,1-2H3,(H2,26,31)(H2,27,33)(H,29,34). The van der Waals surface area contributed by atoms with Gasteiger partial charge in [-0.2, -0.15) is 0 Å². The number of pyridine rings is 1. The Labute approximate surface area is 203 Å². The number of nitrogens with two attached hydrogens (primary N) is 3. The number of hydrogen-bond acceptors (Lipinski definition) is 7. The minimum atomic E-state index is -0.477. The van der Waals surface area contributed by atoms with Crippen LogP contribution in [0.15, 0.2) is 35.4 Å². The van der Waals surface area contributed by atoms with Crippen molar-refractivity contribution < 1.29 is 18.7 Å². The van der Waals surface area contributed by atoms with Crippen LogP contribution < -0.4 is 27.4 Å². The molecule has 1 aromatic heterocycles. The van der Waals surface area contributed by atoms with Gasteiger partial charge in [-0.15, -0.1) is 5.10 Å². The van der Waals surface area contributed by atoms with Crippen LogP contribution in [-0.4, -0.2) is 41.4 Å². The predicted octanol–water partition coefficient (Wildman–Crippen LogP) is 1.56. The minimum Gasteiger partial charge on any atom is -0.494 e. The van der Waals surface area contributed by atoms with E-state index < -0.39 is 11.7 Å². The lowest BCUT2D eigenvalue weighted by Gasteiger charge is -2.28. The molecule has 0 atom stereocenters. The second-order valence-corrected chi connectivity index (χ2v) is 8.76. The van der Waals surface area contributed by atoms with Crippen LogP contribution in [0.2, 0.25) is 0 Å². The topological polar surface area (TPSA) is 162 Å². The first-order valence-corrected chi connectivity index (χ1v) is 11.4. The molecule has 1 heterocycles. The third-order valence-electron chi connectivity index (χ3n) is 6.08. The fraction of sp³-hybridized carbons (Fsp3) is 0.417. The maximum absolute atomic E-state index is 13.6. The molecule has 3 rings (SSSR count). The molecule has 2 aromatic rings. The van der Waals surface area contributed by atoms with Crippen molar-refractivity contribution >= 4 is 17.6 Å². The minimum absolute atomic E-state index is 0.0690. The van der Waals surface area contributed by atoms with Gasteiger partial charge >= 0.3 is 0 Å². The van der Waals surface area contributed by atoms with Crippen LogP contribution in [0.5, 0.6) is 5.75 Å². The first kappa shape index (κ1) is 25.9. The van der Waals surface area contributed by atoms with Gasteiger partial charge in [0.15, 0.2) is 17.4 Å². The average Bonchev–Trinajstić information content (AvgIpc) is 2.83. The number of ether oxygens (including phenoxy) is 1. The Hall–Kier alpha value is -3.73. The molecule has 0 aliphatic heterocycles. The second-order valence-electron chi connectivity index (χ2n) is 8.76. The van der Waals surface area contributed by atoms with Crippen molar-refractivity contribution in [3.8, 4) is 5.75 Å². The van der Waals surface area contributed by atoms with Gasteiger partial charge in [-0.3, -0.25) is 9.59 Å². The number of amidine groups is 1. The number of hydrogen-bond donors (Lipinski definition) is 4. The lowest BCUT2D eigenvalue weighted by molar-refractivity contribution is -0.123. The third-order valence-corrected chi connectivity index (χ3v) is 6.08. The summed E-state index contributed by atoms with van der Waals surface area (Å²) in [5.41, 5.74) is 13.5. The number of carbonyl (C=O) groups is 2. The van der Waals surface area contributed by atoms with Gasteiger partial charge in [0.1, 0.15) is 5.69 Å². The molecule has 1 aromatic carbocycles. The van der Waals surface area contributed by atoms with E-state index in [-0.39, 0.29) is 41.6 Å². The van der Waals surface area contributed by atoms with Crippen LogP contribution >= 0.6 is 0 Å². The fourth-order valence-corrected chi connectivity index (χ4v) is 4.15. The van der Waals surface area contributed by atoms with Crippen molar-refractivity contribution in [1.29, 1.82) is 0 Å². The lowest BCUT2D eigenvalue weighted by Crippen LogP contribution is -2.36. The molecule has 0 unspecified atom stereocenters. The summed E-state index contributed by atoms with van der Waals surface area (Å²) >= 11 is 0. The Kier molecular flexibility index (Phi) is 8.58. The molecule has 11 heteroatoms. The molecule has 35 heavy (non-hydrogen) atoms. The fourth-order valence-electron chi connectivity index (χ4n) is 4.15. The number of methoxy groups -OCH3 is 1. The van der Waals surface area contributed by atoms with E-state index in [1.807, 2.05) is 0 Å². The van der Waals surface area contributed by atoms with Gasteiger partial charge in [-0.25, -0.2) is 20.3 Å². The molecule has 1 aliphatic rings. The molecule has 1 fully saturated rings. The van der Waals surface area contributed by atoms with Crippen LogP contribution in [0.4, 0.5) is 4.39 Å². The number of amides is 2. The van der Waals surface area contributed by atoms with Crippen molar-refractivity contribution in [3.63, 3.8) is 0 Å². The van der Waals surface area contributed by atoms with Gasteiger partial charge in [-0.1, -0.05) is 6.07 Å². The third kappa shape index (κ3) is 7.12. The zero-order valence-corrected chi connectivity index (χ0v) is 20.0. The zero-order chi connectivity index (χ0) is 25.5. The number of halogens is 1. The lowest BCUT2D eigenvalue weighted by atomic mass is 9.82. The molecule has 0 saturated heterocycles. The molecule has 0 spiro atoms. The molecule has 7 N–H and O–H groups in total. The Morgan fingerprint density at radius 2 is 1.91 bits per heavy atom. The smallest absolute Gasteiger partial charge is 0.270 e. The maximum atomic E-state index is 13.6. The van der Waals surface area contributed by atoms with Crippen LogP contribution in [-0.2, 0) is 11.3 Å². The Balaban J connectivity index is 1.62. The summed E-state index contributed by atoms with van der Waals surface area (Å²) in [5, 5.41) is 8.31. The number of hydrazine groups is 1. The van der Waals surface area contributed by atoms with Gasteiger partial charge < -0.3 is 21.5 Å². The van der Waals surface area contributed by atoms with Crippen molar-refractivity contribution in [3.05, 3.63) is 58.7 Å². The van der Waals surface area contributed by atoms with E-state index in [0.29, 0.717) is 23.4 Å². The quantitative estimate of drug-likeness (QED) is 0.181. The molecular formula is C24H32FN7O3. The van der Waals surface area contributed by atoms with E-state index in [1.54, 1.807) is 19.1 Å². The molecule has 188 valence electrons. The number of hydrazone groups is 1. The SMILES string of the molecule is COc1cc(CNC(=O)c2cc(/C(N)=N/N(N)CC3CCC(C(N)=O)CC3)cc(C)n2)ccc1F. The number of benzene rings is 1. The van der Waals surface area contributed by atoms with Gasteiger partial charge in [-0.05, 0) is 68.4 Å². The summed E-state index contributed by atoms with van der Waals surface area (Å²) in [7, 11) is 1.38. The van der Waals surface area contributed by atoms with E-state index in [9.17, 15) is 14.0 Å². The summed E-state index contributed by atoms with van der Waals surface area (Å²) in [4.78, 5) is 28.3. The molecule has 0 bridgehead atoms. The number of nitrogens with zero attached hydrogens (tertiary/aromatic N) is 3. The van der Waals surface area contributed by atoms with Gasteiger partial charge in [0, 0.05) is 23.7 Å². The predicted molar refractivity (Wildman–Crippen MR) is 129 cm³/mol. The average molecular weight is 486 g/mol. The summed E-state index contributed by atoms with van der Waals surface area (Å²) in [6.07, 6.45) is 3.18. The zero-order valence-electron chi connectivity index (χ0n) is 20.0. The monoisotopic (exact) mass is 485 g/mol. The van der Waals surface area contributed by atoms with Crippen molar-refractivity contribution in [1.82, 2.24) is 15.4 Å². The van der Waals surface area contributed by atoms with Gasteiger partial charge in [0.25, 0.3) is 5.91 Å². The van der Waals surface area contributed by atoms with Crippen LogP contribution in [0.3, 0.4) is 0 Å². The number of carbonyl (C=O) groups excluding carboxylic acids is 2. The summed E-state index contributed by atoms with van der Waals surface area (Å²) in [6.45, 7) is 2.40. The highest BCUT2D eigenvalue weighted by atomic mass is 19.1. The van der Waals surface area contributed by atoms with E-state index in [0.717, 1.165) is 25.7 Å². The van der Waals surface area contributed by atoms with Crippen LogP contribution in [0, 0.1) is 24.6 Å². The molecule has 1 saturated carbocycles. The number of primary amides is 1. The highest BCUT2D eigenvalue weighted by molar-refractivity contribution is 6.00. The van der Waals surface area contributed by atoms with Crippen molar-refractivity contribution in [2.24, 2.45) is 34.2 Å². The van der Waals surface area contributed by atoms with Crippen molar-refractivity contribution in [2.75, 3.05) is 13.7 Å². The highest BCUT2D eigenvalue weighted by Crippen LogP contribution is 2.28. The maximum Gasteiger partial charge on any atom is 0.270 e. The Morgan fingerprint density at radius 3 is 2.57 bits per heavy atom. The van der Waals surface area contributed by atoms with E-state index >= 15 is 0 Å². The normalized spacial score (nSPS) is 18.1. The molecular weight excluding hydrogens is 453 g/mol. The summed E-state index contributed by atoms with van der Waals surface area (Å²) < 4.78 is 18.6. The largest absolute Gasteiger partial charge is 0.494 e. The molecule has 1 aliphatic carbocycles. The van der Waals surface area contributed by atoms with E-state index in [2.05, 4.69) is 15.4 Å². The van der Waals surface area contributed by atoms with Crippen LogP contribution in [0.25, 0.3) is 0 Å². The Morgan fingerprint density at radius 1 is 1.20 bits per heavy atom. The number of rotatable bonds is 9. The number of aromatic nitrogens is 1. The number of nitrogens with one attached hydrogen (secondary N) is 1.